The molecule has 0 aromatic carbocycles. The van der Waals surface area contributed by atoms with Gasteiger partial charge in [-0.25, -0.2) is 0 Å². The van der Waals surface area contributed by atoms with Crippen LogP contribution < -0.4 is 10.6 Å². The van der Waals surface area contributed by atoms with Gasteiger partial charge in [-0.05, 0) is 34.2 Å². The van der Waals surface area contributed by atoms with Gasteiger partial charge >= 0.3 is 0 Å². The van der Waals surface area contributed by atoms with Crippen LogP contribution in [0.15, 0.2) is 0 Å². The molecule has 17 heavy (non-hydrogen) atoms. The summed E-state index contributed by atoms with van der Waals surface area (Å²) in [5.41, 5.74) is 0. The number of carbonyl (C=O) groups is 2. The quantitative estimate of drug-likeness (QED) is 0.678. The first-order valence-corrected chi connectivity index (χ1v) is 6.16. The predicted molar refractivity (Wildman–Crippen MR) is 68.7 cm³/mol. The third-order valence-electron chi connectivity index (χ3n) is 2.08. The van der Waals surface area contributed by atoms with Crippen LogP contribution in [0.1, 0.15) is 34.6 Å². The molecule has 0 aromatic rings. The van der Waals surface area contributed by atoms with Gasteiger partial charge in [-0.2, -0.15) is 0 Å². The summed E-state index contributed by atoms with van der Waals surface area (Å²) in [6, 6.07) is 0.261. The van der Waals surface area contributed by atoms with E-state index in [2.05, 4.69) is 10.6 Å². The Bertz CT molecular complexity index is 228. The van der Waals surface area contributed by atoms with E-state index >= 15 is 0 Å². The van der Waals surface area contributed by atoms with Crippen LogP contribution in [0.3, 0.4) is 0 Å². The third kappa shape index (κ3) is 8.68. The lowest BCUT2D eigenvalue weighted by Crippen LogP contribution is -2.45. The number of rotatable bonds is 7. The number of nitrogens with zero attached hydrogens (tertiary/aromatic N) is 1. The van der Waals surface area contributed by atoms with E-state index < -0.39 is 0 Å². The molecule has 100 valence electrons. The van der Waals surface area contributed by atoms with Crippen LogP contribution in [0.4, 0.5) is 0 Å². The minimum Gasteiger partial charge on any atom is -0.353 e. The van der Waals surface area contributed by atoms with E-state index in [-0.39, 0.29) is 37.0 Å². The van der Waals surface area contributed by atoms with Gasteiger partial charge in [-0.3, -0.25) is 14.5 Å². The summed E-state index contributed by atoms with van der Waals surface area (Å²) >= 11 is 0. The van der Waals surface area contributed by atoms with Crippen molar-refractivity contribution in [1.82, 2.24) is 15.5 Å². The van der Waals surface area contributed by atoms with E-state index in [1.807, 2.05) is 39.5 Å². The fraction of sp³-hybridized carbons (Fsp3) is 0.833. The Hall–Kier alpha value is -1.10. The predicted octanol–water partition coefficient (Wildman–Crippen LogP) is 0.358. The molecule has 5 nitrogen and oxygen atoms in total. The van der Waals surface area contributed by atoms with E-state index in [0.29, 0.717) is 6.54 Å². The van der Waals surface area contributed by atoms with Gasteiger partial charge < -0.3 is 10.6 Å². The molecule has 0 radical (unpaired) electrons. The van der Waals surface area contributed by atoms with Crippen molar-refractivity contribution in [2.45, 2.75) is 46.7 Å². The minimum absolute atomic E-state index is 0.0424. The summed E-state index contributed by atoms with van der Waals surface area (Å²) in [5, 5.41) is 5.62. The Labute approximate surface area is 104 Å². The van der Waals surface area contributed by atoms with E-state index in [1.54, 1.807) is 0 Å². The molecule has 0 heterocycles. The van der Waals surface area contributed by atoms with Crippen molar-refractivity contribution in [2.75, 3.05) is 19.6 Å². The average molecular weight is 243 g/mol. The Kier molecular flexibility index (Phi) is 7.54. The molecule has 0 aromatic heterocycles. The smallest absolute Gasteiger partial charge is 0.234 e. The standard InChI is InChI=1S/C12H25N3O2/c1-6-15(7-11(16)13-9(2)3)8-12(17)14-10(4)5/h9-10H,6-8H2,1-5H3,(H,13,16)(H,14,17). The van der Waals surface area contributed by atoms with Gasteiger partial charge in [0, 0.05) is 12.1 Å². The zero-order chi connectivity index (χ0) is 13.4. The molecule has 2 N–H and O–H groups in total. The van der Waals surface area contributed by atoms with Gasteiger partial charge in [-0.1, -0.05) is 6.92 Å². The summed E-state index contributed by atoms with van der Waals surface area (Å²) in [6.45, 7) is 10.8. The summed E-state index contributed by atoms with van der Waals surface area (Å²) < 4.78 is 0. The Balaban J connectivity index is 4.07. The Morgan fingerprint density at radius 3 is 1.53 bits per heavy atom. The third-order valence-corrected chi connectivity index (χ3v) is 2.08. The van der Waals surface area contributed by atoms with Crippen LogP contribution in [0.2, 0.25) is 0 Å². The van der Waals surface area contributed by atoms with Gasteiger partial charge in [0.15, 0.2) is 0 Å². The first-order valence-electron chi connectivity index (χ1n) is 6.16. The SMILES string of the molecule is CCN(CC(=O)NC(C)C)CC(=O)NC(C)C. The molecule has 0 aliphatic carbocycles. The molecule has 0 aliphatic rings. The number of carbonyl (C=O) groups excluding carboxylic acids is 2. The highest BCUT2D eigenvalue weighted by atomic mass is 16.2. The van der Waals surface area contributed by atoms with Crippen molar-refractivity contribution < 1.29 is 9.59 Å². The van der Waals surface area contributed by atoms with Crippen molar-refractivity contribution in [3.63, 3.8) is 0 Å². The van der Waals surface area contributed by atoms with Crippen molar-refractivity contribution in [3.05, 3.63) is 0 Å². The van der Waals surface area contributed by atoms with Crippen LogP contribution in [0.5, 0.6) is 0 Å². The lowest BCUT2D eigenvalue weighted by molar-refractivity contribution is -0.125. The zero-order valence-corrected chi connectivity index (χ0v) is 11.5. The summed E-state index contributed by atoms with van der Waals surface area (Å²) in [7, 11) is 0. The van der Waals surface area contributed by atoms with Crippen molar-refractivity contribution >= 4 is 11.8 Å². The van der Waals surface area contributed by atoms with Gasteiger partial charge in [0.1, 0.15) is 0 Å². The molecule has 0 bridgehead atoms. The normalized spacial score (nSPS) is 11.1. The Morgan fingerprint density at radius 1 is 0.941 bits per heavy atom. The first kappa shape index (κ1) is 15.9. The maximum absolute atomic E-state index is 11.5. The molecule has 0 unspecified atom stereocenters. The molecule has 0 aliphatic heterocycles. The number of hydrogen-bond donors (Lipinski definition) is 2. The monoisotopic (exact) mass is 243 g/mol. The molecular formula is C12H25N3O2. The molecular weight excluding hydrogens is 218 g/mol. The highest BCUT2D eigenvalue weighted by Gasteiger charge is 2.13. The number of likely N-dealkylation sites (N-methyl/N-ethyl adjacent to an activating group) is 1. The van der Waals surface area contributed by atoms with Crippen LogP contribution in [0.25, 0.3) is 0 Å². The van der Waals surface area contributed by atoms with Gasteiger partial charge in [0.2, 0.25) is 11.8 Å². The highest BCUT2D eigenvalue weighted by molar-refractivity contribution is 5.81. The van der Waals surface area contributed by atoms with Crippen LogP contribution >= 0.6 is 0 Å². The second kappa shape index (κ2) is 8.06. The largest absolute Gasteiger partial charge is 0.353 e. The van der Waals surface area contributed by atoms with E-state index in [0.717, 1.165) is 0 Å². The molecule has 2 amide bonds. The van der Waals surface area contributed by atoms with Crippen molar-refractivity contribution in [1.29, 1.82) is 0 Å². The molecule has 0 saturated carbocycles. The second-order valence-electron chi connectivity index (χ2n) is 4.75. The fourth-order valence-electron chi connectivity index (χ4n) is 1.42. The van der Waals surface area contributed by atoms with E-state index in [1.165, 1.54) is 0 Å². The maximum Gasteiger partial charge on any atom is 0.234 e. The Morgan fingerprint density at radius 2 is 1.29 bits per heavy atom. The van der Waals surface area contributed by atoms with Gasteiger partial charge in [0.05, 0.1) is 13.1 Å². The van der Waals surface area contributed by atoms with Crippen LogP contribution in [-0.2, 0) is 9.59 Å². The first-order chi connectivity index (χ1) is 7.85. The van der Waals surface area contributed by atoms with E-state index in [9.17, 15) is 9.59 Å². The zero-order valence-electron chi connectivity index (χ0n) is 11.5. The molecule has 0 rings (SSSR count). The second-order valence-corrected chi connectivity index (χ2v) is 4.75. The van der Waals surface area contributed by atoms with Crippen molar-refractivity contribution in [3.8, 4) is 0 Å². The van der Waals surface area contributed by atoms with Crippen LogP contribution in [0, 0.1) is 0 Å². The summed E-state index contributed by atoms with van der Waals surface area (Å²) in [4.78, 5) is 24.9. The maximum atomic E-state index is 11.5. The fourth-order valence-corrected chi connectivity index (χ4v) is 1.42. The molecule has 0 fully saturated rings. The van der Waals surface area contributed by atoms with Crippen molar-refractivity contribution in [2.24, 2.45) is 0 Å². The molecule has 5 heteroatoms. The average Bonchev–Trinajstić information content (AvgIpc) is 2.13. The molecule has 0 saturated heterocycles. The summed E-state index contributed by atoms with van der Waals surface area (Å²) in [6.07, 6.45) is 0. The van der Waals surface area contributed by atoms with Crippen LogP contribution in [-0.4, -0.2) is 48.4 Å². The number of hydrogen-bond acceptors (Lipinski definition) is 3. The lowest BCUT2D eigenvalue weighted by atomic mass is 10.3. The number of amides is 2. The van der Waals surface area contributed by atoms with Gasteiger partial charge in [-0.15, -0.1) is 0 Å². The minimum atomic E-state index is -0.0424. The van der Waals surface area contributed by atoms with Gasteiger partial charge in [0.25, 0.3) is 0 Å². The number of nitrogens with one attached hydrogen (secondary N) is 2. The summed E-state index contributed by atoms with van der Waals surface area (Å²) in [5.74, 6) is -0.0848. The molecule has 0 spiro atoms. The highest BCUT2D eigenvalue weighted by Crippen LogP contribution is 1.89. The van der Waals surface area contributed by atoms with E-state index in [4.69, 9.17) is 0 Å². The molecule has 0 atom stereocenters. The lowest BCUT2D eigenvalue weighted by Gasteiger charge is -2.20. The topological polar surface area (TPSA) is 61.4 Å².